The summed E-state index contributed by atoms with van der Waals surface area (Å²) in [5.74, 6) is -3.30. The number of carbonyl (C=O) groups excluding carboxylic acids is 1. The number of aromatic nitrogens is 2. The maximum atomic E-state index is 15.7. The number of aryl methyl sites for hydroxylation is 1. The number of hydrogen-bond acceptors (Lipinski definition) is 4. The van der Waals surface area contributed by atoms with Gasteiger partial charge in [-0.05, 0) is 66.6 Å². The largest absolute Gasteiger partial charge is 0.507 e. The van der Waals surface area contributed by atoms with Crippen LogP contribution in [0.3, 0.4) is 0 Å². The zero-order chi connectivity index (χ0) is 35.0. The molecule has 0 saturated carbocycles. The van der Waals surface area contributed by atoms with Crippen LogP contribution in [0, 0.1) is 11.6 Å². The lowest BCUT2D eigenvalue weighted by Gasteiger charge is -2.22. The van der Waals surface area contributed by atoms with Gasteiger partial charge in [-0.15, -0.1) is 0 Å². The number of pyridine rings is 1. The van der Waals surface area contributed by atoms with Gasteiger partial charge in [-0.3, -0.25) is 4.79 Å². The van der Waals surface area contributed by atoms with E-state index in [9.17, 15) is 32.3 Å². The number of alkyl halides is 3. The number of ether oxygens (including phenoxy) is 1. The minimum Gasteiger partial charge on any atom is -0.507 e. The third-order valence-corrected chi connectivity index (χ3v) is 8.44. The van der Waals surface area contributed by atoms with Crippen LogP contribution in [-0.2, 0) is 19.6 Å². The fourth-order valence-corrected chi connectivity index (χ4v) is 6.14. The van der Waals surface area contributed by atoms with Crippen LogP contribution in [0.2, 0.25) is 0 Å². The van der Waals surface area contributed by atoms with Crippen molar-refractivity contribution in [1.29, 1.82) is 0 Å². The van der Waals surface area contributed by atoms with E-state index in [1.165, 1.54) is 18.7 Å². The smallest absolute Gasteiger partial charge is 0.416 e. The molecule has 8 nitrogen and oxygen atoms in total. The zero-order valence-corrected chi connectivity index (χ0v) is 26.1. The number of para-hydroxylation sites is 2. The lowest BCUT2D eigenvalue weighted by Crippen LogP contribution is -2.31. The minimum absolute atomic E-state index is 0.0128. The number of amides is 2. The van der Waals surface area contributed by atoms with Gasteiger partial charge in [0.25, 0.3) is 5.56 Å². The second-order valence-corrected chi connectivity index (χ2v) is 11.3. The van der Waals surface area contributed by atoms with E-state index in [2.05, 4.69) is 15.6 Å². The number of nitrogens with one attached hydrogen (secondary N) is 3. The van der Waals surface area contributed by atoms with Crippen molar-refractivity contribution in [2.45, 2.75) is 18.5 Å². The van der Waals surface area contributed by atoms with Crippen LogP contribution in [0.5, 0.6) is 11.5 Å². The Morgan fingerprint density at radius 3 is 2.43 bits per heavy atom. The summed E-state index contributed by atoms with van der Waals surface area (Å²) < 4.78 is 76.8. The van der Waals surface area contributed by atoms with Crippen LogP contribution in [-0.4, -0.2) is 34.3 Å². The summed E-state index contributed by atoms with van der Waals surface area (Å²) in [6, 6.07) is 18.4. The number of halogens is 5. The lowest BCUT2D eigenvalue weighted by molar-refractivity contribution is -0.137. The third kappa shape index (κ3) is 6.26. The number of benzene rings is 4. The quantitative estimate of drug-likeness (QED) is 0.125. The molecule has 1 unspecified atom stereocenters. The first kappa shape index (κ1) is 33.1. The summed E-state index contributed by atoms with van der Waals surface area (Å²) in [6.07, 6.45) is -4.57. The van der Waals surface area contributed by atoms with Crippen LogP contribution in [0.25, 0.3) is 21.8 Å². The first-order valence-corrected chi connectivity index (χ1v) is 15.0. The molecular weight excluding hydrogens is 647 g/mol. The van der Waals surface area contributed by atoms with E-state index in [0.29, 0.717) is 27.4 Å². The molecule has 0 aliphatic rings. The molecule has 1 atom stereocenters. The fraction of sp³-hybridized carbons (Fsp3) is 0.167. The van der Waals surface area contributed by atoms with Crippen molar-refractivity contribution in [3.63, 3.8) is 0 Å². The van der Waals surface area contributed by atoms with Gasteiger partial charge in [-0.25, -0.2) is 13.6 Å². The highest BCUT2D eigenvalue weighted by molar-refractivity contribution is 5.91. The van der Waals surface area contributed by atoms with Gasteiger partial charge in [0.15, 0.2) is 0 Å². The summed E-state index contributed by atoms with van der Waals surface area (Å²) in [6.45, 7) is -0.0674. The van der Waals surface area contributed by atoms with Gasteiger partial charge in [0.2, 0.25) is 0 Å². The average molecular weight is 677 g/mol. The molecule has 4 aromatic carbocycles. The molecule has 2 aromatic heterocycles. The molecule has 252 valence electrons. The van der Waals surface area contributed by atoms with Crippen molar-refractivity contribution >= 4 is 33.5 Å². The molecule has 4 N–H and O–H groups in total. The van der Waals surface area contributed by atoms with Gasteiger partial charge in [-0.2, -0.15) is 13.2 Å². The Balaban J connectivity index is 1.42. The van der Waals surface area contributed by atoms with Gasteiger partial charge in [0, 0.05) is 41.1 Å². The van der Waals surface area contributed by atoms with E-state index in [1.54, 1.807) is 48.5 Å². The number of anilines is 1. The number of rotatable bonds is 8. The van der Waals surface area contributed by atoms with E-state index in [4.69, 9.17) is 4.74 Å². The van der Waals surface area contributed by atoms with Gasteiger partial charge < -0.3 is 30.0 Å². The number of hydrogen-bond donors (Lipinski definition) is 4. The van der Waals surface area contributed by atoms with Crippen LogP contribution >= 0.6 is 0 Å². The summed E-state index contributed by atoms with van der Waals surface area (Å²) >= 11 is 0. The maximum absolute atomic E-state index is 15.7. The number of aromatic amines is 1. The minimum atomic E-state index is -4.65. The first-order chi connectivity index (χ1) is 23.4. The summed E-state index contributed by atoms with van der Waals surface area (Å²) in [7, 11) is 2.77. The number of methoxy groups -OCH3 is 1. The van der Waals surface area contributed by atoms with Crippen molar-refractivity contribution < 1.29 is 36.6 Å². The Hall–Kier alpha value is -5.85. The van der Waals surface area contributed by atoms with Crippen LogP contribution in [0.15, 0.2) is 89.7 Å². The first-order valence-electron chi connectivity index (χ1n) is 15.0. The topological polar surface area (TPSA) is 108 Å². The summed E-state index contributed by atoms with van der Waals surface area (Å²) in [5.41, 5.74) is -0.412. The normalized spacial score (nSPS) is 12.3. The van der Waals surface area contributed by atoms with Gasteiger partial charge in [0.05, 0.1) is 35.4 Å². The third-order valence-electron chi connectivity index (χ3n) is 8.44. The molecule has 2 amide bonds. The molecule has 0 saturated heterocycles. The van der Waals surface area contributed by atoms with Crippen LogP contribution < -0.4 is 20.9 Å². The second-order valence-electron chi connectivity index (χ2n) is 11.3. The zero-order valence-electron chi connectivity index (χ0n) is 26.1. The Morgan fingerprint density at radius 1 is 0.980 bits per heavy atom. The predicted octanol–water partition coefficient (Wildman–Crippen LogP) is 7.58. The Labute approximate surface area is 275 Å². The van der Waals surface area contributed by atoms with Gasteiger partial charge in [0.1, 0.15) is 23.1 Å². The predicted molar refractivity (Wildman–Crippen MR) is 175 cm³/mol. The summed E-state index contributed by atoms with van der Waals surface area (Å²) in [5, 5.41) is 17.6. The van der Waals surface area contributed by atoms with Crippen molar-refractivity contribution in [2.75, 3.05) is 19.0 Å². The van der Waals surface area contributed by atoms with Crippen LogP contribution in [0.4, 0.5) is 32.4 Å². The number of nitrogens with zero attached hydrogens (tertiary/aromatic N) is 1. The molecule has 0 bridgehead atoms. The molecule has 6 rings (SSSR count). The SMILES string of the molecule is COc1ccc(C(F)(F)F)cc1NC(=O)NCCc1c(C(c2cc(F)ccc2F)c2c(O)c3ccccc3n(C)c2=O)[nH]c2ccccc12. The Kier molecular flexibility index (Phi) is 8.76. The standard InChI is InChI=1S/C36H29F5N4O4/c1-45-28-10-6-4-8-23(28)33(46)31(34(45)47)30(24-18-20(37)12-13-25(24)38)32-22(21-7-3-5-9-26(21)43-32)15-16-42-35(48)44-27-17-19(36(39,40)41)11-14-29(27)49-2/h3-14,17-18,30,43,46H,15-16H2,1-2H3,(H2,42,44,48). The summed E-state index contributed by atoms with van der Waals surface area (Å²) in [4.78, 5) is 30.1. The van der Waals surface area contributed by atoms with E-state index in [1.807, 2.05) is 0 Å². The molecular formula is C36H29F5N4O4. The average Bonchev–Trinajstić information content (AvgIpc) is 3.44. The number of fused-ring (bicyclic) bond motifs is 2. The van der Waals surface area contributed by atoms with E-state index < -0.39 is 46.6 Å². The van der Waals surface area contributed by atoms with Crippen molar-refractivity contribution in [3.05, 3.63) is 135 Å². The van der Waals surface area contributed by atoms with Crippen molar-refractivity contribution in [3.8, 4) is 11.5 Å². The molecule has 0 fully saturated rings. The molecule has 2 heterocycles. The monoisotopic (exact) mass is 676 g/mol. The highest BCUT2D eigenvalue weighted by Crippen LogP contribution is 2.42. The van der Waals surface area contributed by atoms with Crippen molar-refractivity contribution in [1.82, 2.24) is 14.9 Å². The molecule has 13 heteroatoms. The molecule has 49 heavy (non-hydrogen) atoms. The molecule has 0 spiro atoms. The number of carbonyl (C=O) groups is 1. The van der Waals surface area contributed by atoms with Crippen molar-refractivity contribution in [2.24, 2.45) is 7.05 Å². The van der Waals surface area contributed by atoms with Crippen LogP contribution in [0.1, 0.15) is 33.9 Å². The number of urea groups is 1. The van der Waals surface area contributed by atoms with Gasteiger partial charge >= 0.3 is 12.2 Å². The lowest BCUT2D eigenvalue weighted by atomic mass is 9.84. The Bertz CT molecular complexity index is 2280. The molecule has 0 aliphatic carbocycles. The highest BCUT2D eigenvalue weighted by atomic mass is 19.4. The highest BCUT2D eigenvalue weighted by Gasteiger charge is 2.33. The van der Waals surface area contributed by atoms with E-state index >= 15 is 4.39 Å². The fourth-order valence-electron chi connectivity index (χ4n) is 6.14. The molecule has 0 radical (unpaired) electrons. The second kappa shape index (κ2) is 13.0. The van der Waals surface area contributed by atoms with E-state index in [-0.39, 0.29) is 41.2 Å². The maximum Gasteiger partial charge on any atom is 0.416 e. The number of H-pyrrole nitrogens is 1. The molecule has 6 aromatic rings. The van der Waals surface area contributed by atoms with Gasteiger partial charge in [-0.1, -0.05) is 30.3 Å². The Morgan fingerprint density at radius 2 is 1.69 bits per heavy atom. The van der Waals surface area contributed by atoms with E-state index in [0.717, 1.165) is 36.4 Å². The number of aromatic hydroxyl groups is 1. The molecule has 0 aliphatic heterocycles.